The van der Waals surface area contributed by atoms with Gasteiger partial charge in [0, 0.05) is 19.6 Å². The van der Waals surface area contributed by atoms with Crippen molar-refractivity contribution < 1.29 is 9.53 Å². The van der Waals surface area contributed by atoms with Gasteiger partial charge in [-0.1, -0.05) is 13.3 Å². The van der Waals surface area contributed by atoms with Crippen molar-refractivity contribution in [2.75, 3.05) is 13.2 Å². The Morgan fingerprint density at radius 2 is 2.00 bits per heavy atom. The van der Waals surface area contributed by atoms with Gasteiger partial charge in [0.15, 0.2) is 0 Å². The van der Waals surface area contributed by atoms with Gasteiger partial charge >= 0.3 is 0 Å². The highest BCUT2D eigenvalue weighted by Gasteiger charge is 1.86. The van der Waals surface area contributed by atoms with Crippen molar-refractivity contribution >= 4 is 6.29 Å². The molecule has 0 saturated carbocycles. The summed E-state index contributed by atoms with van der Waals surface area (Å²) in [5.74, 6) is 0. The molecule has 0 aromatic rings. The monoisotopic (exact) mass is 144 g/mol. The molecule has 0 radical (unpaired) electrons. The SMILES string of the molecule is CCCCOCCCC=O. The molecule has 0 saturated heterocycles. The Morgan fingerprint density at radius 3 is 2.60 bits per heavy atom. The number of ether oxygens (including phenoxy) is 1. The van der Waals surface area contributed by atoms with Gasteiger partial charge in [-0.3, -0.25) is 0 Å². The molecule has 0 fully saturated rings. The highest BCUT2D eigenvalue weighted by Crippen LogP contribution is 1.90. The van der Waals surface area contributed by atoms with Crippen LogP contribution in [0.2, 0.25) is 0 Å². The summed E-state index contributed by atoms with van der Waals surface area (Å²) in [6, 6.07) is 0. The van der Waals surface area contributed by atoms with E-state index in [1.807, 2.05) is 0 Å². The molecule has 0 heterocycles. The van der Waals surface area contributed by atoms with E-state index < -0.39 is 0 Å². The topological polar surface area (TPSA) is 26.3 Å². The number of aldehydes is 1. The minimum atomic E-state index is 0.631. The lowest BCUT2D eigenvalue weighted by Crippen LogP contribution is -1.96. The summed E-state index contributed by atoms with van der Waals surface area (Å²) in [5, 5.41) is 0. The summed E-state index contributed by atoms with van der Waals surface area (Å²) in [6.45, 7) is 3.71. The summed E-state index contributed by atoms with van der Waals surface area (Å²) in [6.07, 6.45) is 4.73. The summed E-state index contributed by atoms with van der Waals surface area (Å²) in [5.41, 5.74) is 0. The number of hydrogen-bond acceptors (Lipinski definition) is 2. The lowest BCUT2D eigenvalue weighted by Gasteiger charge is -1.99. The van der Waals surface area contributed by atoms with Gasteiger partial charge < -0.3 is 9.53 Å². The van der Waals surface area contributed by atoms with Gasteiger partial charge in [0.25, 0.3) is 0 Å². The van der Waals surface area contributed by atoms with Crippen LogP contribution in [0.1, 0.15) is 32.6 Å². The van der Waals surface area contributed by atoms with Gasteiger partial charge in [-0.15, -0.1) is 0 Å². The molecule has 60 valence electrons. The Morgan fingerprint density at radius 1 is 1.30 bits per heavy atom. The maximum absolute atomic E-state index is 9.84. The molecule has 0 aliphatic rings. The lowest BCUT2D eigenvalue weighted by atomic mass is 10.3. The highest BCUT2D eigenvalue weighted by atomic mass is 16.5. The van der Waals surface area contributed by atoms with Crippen molar-refractivity contribution in [2.45, 2.75) is 32.6 Å². The minimum Gasteiger partial charge on any atom is -0.381 e. The molecule has 0 bridgehead atoms. The standard InChI is InChI=1S/C8H16O2/c1-2-3-7-10-8-5-4-6-9/h6H,2-5,7-8H2,1H3. The summed E-state index contributed by atoms with van der Waals surface area (Å²) >= 11 is 0. The Bertz CT molecular complexity index is 71.7. The van der Waals surface area contributed by atoms with Gasteiger partial charge in [-0.2, -0.15) is 0 Å². The van der Waals surface area contributed by atoms with Gasteiger partial charge in [0.2, 0.25) is 0 Å². The first-order valence-electron chi connectivity index (χ1n) is 3.93. The Kier molecular flexibility index (Phi) is 8.31. The average Bonchev–Trinajstić information content (AvgIpc) is 1.97. The number of carbonyl (C=O) groups is 1. The molecule has 0 aromatic heterocycles. The maximum atomic E-state index is 9.84. The van der Waals surface area contributed by atoms with E-state index in [1.165, 1.54) is 6.42 Å². The van der Waals surface area contributed by atoms with Crippen LogP contribution in [0.25, 0.3) is 0 Å². The van der Waals surface area contributed by atoms with Gasteiger partial charge in [0.1, 0.15) is 6.29 Å². The molecule has 0 unspecified atom stereocenters. The number of carbonyl (C=O) groups excluding carboxylic acids is 1. The number of hydrogen-bond donors (Lipinski definition) is 0. The summed E-state index contributed by atoms with van der Waals surface area (Å²) in [4.78, 5) is 9.84. The number of unbranched alkanes of at least 4 members (excludes halogenated alkanes) is 2. The van der Waals surface area contributed by atoms with Crippen LogP contribution in [0, 0.1) is 0 Å². The van der Waals surface area contributed by atoms with Gasteiger partial charge in [-0.05, 0) is 12.8 Å². The van der Waals surface area contributed by atoms with E-state index in [0.29, 0.717) is 6.42 Å². The predicted molar refractivity (Wildman–Crippen MR) is 41.0 cm³/mol. The Hall–Kier alpha value is -0.370. The van der Waals surface area contributed by atoms with Crippen LogP contribution >= 0.6 is 0 Å². The van der Waals surface area contributed by atoms with E-state index in [-0.39, 0.29) is 0 Å². The van der Waals surface area contributed by atoms with Crippen molar-refractivity contribution in [1.29, 1.82) is 0 Å². The average molecular weight is 144 g/mol. The molecular formula is C8H16O2. The molecular weight excluding hydrogens is 128 g/mol. The fourth-order valence-corrected chi connectivity index (χ4v) is 0.617. The Balaban J connectivity index is 2.70. The van der Waals surface area contributed by atoms with Crippen LogP contribution in [0.3, 0.4) is 0 Å². The lowest BCUT2D eigenvalue weighted by molar-refractivity contribution is -0.108. The van der Waals surface area contributed by atoms with E-state index in [4.69, 9.17) is 4.74 Å². The predicted octanol–water partition coefficient (Wildman–Crippen LogP) is 1.78. The van der Waals surface area contributed by atoms with Gasteiger partial charge in [-0.25, -0.2) is 0 Å². The smallest absolute Gasteiger partial charge is 0.120 e. The quantitative estimate of drug-likeness (QED) is 0.402. The molecule has 2 heteroatoms. The summed E-state index contributed by atoms with van der Waals surface area (Å²) in [7, 11) is 0. The van der Waals surface area contributed by atoms with Crippen molar-refractivity contribution in [3.8, 4) is 0 Å². The van der Waals surface area contributed by atoms with Crippen LogP contribution in [-0.4, -0.2) is 19.5 Å². The van der Waals surface area contributed by atoms with Crippen molar-refractivity contribution in [2.24, 2.45) is 0 Å². The largest absolute Gasteiger partial charge is 0.381 e. The number of rotatable bonds is 7. The molecule has 2 nitrogen and oxygen atoms in total. The molecule has 0 atom stereocenters. The first-order chi connectivity index (χ1) is 4.91. The highest BCUT2D eigenvalue weighted by molar-refractivity contribution is 5.48. The van der Waals surface area contributed by atoms with Crippen molar-refractivity contribution in [3.05, 3.63) is 0 Å². The fourth-order valence-electron chi connectivity index (χ4n) is 0.617. The maximum Gasteiger partial charge on any atom is 0.120 e. The first kappa shape index (κ1) is 9.63. The van der Waals surface area contributed by atoms with E-state index in [0.717, 1.165) is 32.3 Å². The molecule has 0 N–H and O–H groups in total. The third-order valence-electron chi connectivity index (χ3n) is 1.25. The fraction of sp³-hybridized carbons (Fsp3) is 0.875. The molecule has 0 aliphatic carbocycles. The van der Waals surface area contributed by atoms with Crippen LogP contribution in [0.15, 0.2) is 0 Å². The zero-order valence-electron chi connectivity index (χ0n) is 6.64. The second kappa shape index (κ2) is 8.63. The molecule has 10 heavy (non-hydrogen) atoms. The first-order valence-corrected chi connectivity index (χ1v) is 3.93. The summed E-state index contributed by atoms with van der Waals surface area (Å²) < 4.78 is 5.22. The van der Waals surface area contributed by atoms with E-state index >= 15 is 0 Å². The second-order valence-corrected chi connectivity index (χ2v) is 2.27. The van der Waals surface area contributed by atoms with Crippen LogP contribution in [-0.2, 0) is 9.53 Å². The van der Waals surface area contributed by atoms with E-state index in [2.05, 4.69) is 6.92 Å². The molecule has 0 aromatic carbocycles. The van der Waals surface area contributed by atoms with Gasteiger partial charge in [0.05, 0.1) is 0 Å². The van der Waals surface area contributed by atoms with E-state index in [9.17, 15) is 4.79 Å². The van der Waals surface area contributed by atoms with Crippen LogP contribution in [0.5, 0.6) is 0 Å². The molecule has 0 amide bonds. The second-order valence-electron chi connectivity index (χ2n) is 2.27. The molecule has 0 aliphatic heterocycles. The molecule has 0 spiro atoms. The molecule has 0 rings (SSSR count). The van der Waals surface area contributed by atoms with Crippen LogP contribution in [0.4, 0.5) is 0 Å². The zero-order chi connectivity index (χ0) is 7.66. The minimum absolute atomic E-state index is 0.631. The third kappa shape index (κ3) is 7.63. The van der Waals surface area contributed by atoms with Crippen molar-refractivity contribution in [3.63, 3.8) is 0 Å². The van der Waals surface area contributed by atoms with E-state index in [1.54, 1.807) is 0 Å². The van der Waals surface area contributed by atoms with Crippen LogP contribution < -0.4 is 0 Å². The third-order valence-corrected chi connectivity index (χ3v) is 1.25. The van der Waals surface area contributed by atoms with Crippen molar-refractivity contribution in [1.82, 2.24) is 0 Å². The zero-order valence-corrected chi connectivity index (χ0v) is 6.64. The Labute approximate surface area is 62.6 Å². The normalized spacial score (nSPS) is 9.70.